The molecule has 0 unspecified atom stereocenters. The average Bonchev–Trinajstić information content (AvgIpc) is 2.73. The minimum absolute atomic E-state index is 0.0213. The molecule has 0 saturated heterocycles. The first-order chi connectivity index (χ1) is 13.2. The van der Waals surface area contributed by atoms with Crippen LogP contribution in [0.25, 0.3) is 0 Å². The fourth-order valence-electron chi connectivity index (χ4n) is 4.33. The topological polar surface area (TPSA) is 73.9 Å². The minimum Gasteiger partial charge on any atom is -0.462 e. The number of nitriles is 2. The lowest BCUT2D eigenvalue weighted by molar-refractivity contribution is -0.157. The Morgan fingerprint density at radius 3 is 2.22 bits per heavy atom. The van der Waals surface area contributed by atoms with E-state index in [1.807, 2.05) is 24.3 Å². The van der Waals surface area contributed by atoms with Crippen molar-refractivity contribution in [3.05, 3.63) is 47.5 Å². The van der Waals surface area contributed by atoms with Crippen LogP contribution in [0.1, 0.15) is 68.4 Å². The summed E-state index contributed by atoms with van der Waals surface area (Å²) in [6, 6.07) is 12.0. The van der Waals surface area contributed by atoms with Gasteiger partial charge in [0.25, 0.3) is 0 Å². The zero-order valence-electron chi connectivity index (χ0n) is 15.6. The summed E-state index contributed by atoms with van der Waals surface area (Å²) in [5.74, 6) is 0.916. The van der Waals surface area contributed by atoms with Gasteiger partial charge in [-0.1, -0.05) is 18.2 Å². The number of hydrogen-bond donors (Lipinski definition) is 0. The molecule has 0 amide bonds. The molecule has 1 aromatic rings. The molecule has 0 aliphatic heterocycles. The van der Waals surface area contributed by atoms with Crippen LogP contribution in [0, 0.1) is 34.5 Å². The maximum atomic E-state index is 12.5. The van der Waals surface area contributed by atoms with Crippen molar-refractivity contribution in [1.82, 2.24) is 0 Å². The van der Waals surface area contributed by atoms with Crippen molar-refractivity contribution >= 4 is 5.97 Å². The van der Waals surface area contributed by atoms with Crippen LogP contribution in [-0.2, 0) is 9.53 Å². The van der Waals surface area contributed by atoms with Crippen LogP contribution >= 0.6 is 0 Å². The second-order valence-electron chi connectivity index (χ2n) is 7.74. The minimum atomic E-state index is -0.0282. The quantitative estimate of drug-likeness (QED) is 0.557. The number of esters is 1. The van der Waals surface area contributed by atoms with Crippen molar-refractivity contribution in [2.24, 2.45) is 11.8 Å². The summed E-state index contributed by atoms with van der Waals surface area (Å²) in [4.78, 5) is 12.5. The number of hydrogen-bond acceptors (Lipinski definition) is 4. The molecule has 140 valence electrons. The van der Waals surface area contributed by atoms with E-state index in [0.29, 0.717) is 17.4 Å². The van der Waals surface area contributed by atoms with Gasteiger partial charge in [0.1, 0.15) is 6.10 Å². The highest BCUT2D eigenvalue weighted by molar-refractivity contribution is 5.72. The smallest absolute Gasteiger partial charge is 0.309 e. The lowest BCUT2D eigenvalue weighted by atomic mass is 9.81. The van der Waals surface area contributed by atoms with Crippen LogP contribution in [0.5, 0.6) is 0 Å². The highest BCUT2D eigenvalue weighted by Crippen LogP contribution is 2.36. The normalized spacial score (nSPS) is 28.2. The van der Waals surface area contributed by atoms with Gasteiger partial charge in [-0.3, -0.25) is 4.79 Å². The first-order valence-electron chi connectivity index (χ1n) is 9.96. The van der Waals surface area contributed by atoms with Gasteiger partial charge in [0.15, 0.2) is 0 Å². The Morgan fingerprint density at radius 1 is 0.963 bits per heavy atom. The lowest BCUT2D eigenvalue weighted by Gasteiger charge is -2.31. The fraction of sp³-hybridized carbons (Fsp3) is 0.522. The number of nitrogens with zero attached hydrogens (tertiary/aromatic N) is 2. The van der Waals surface area contributed by atoms with Crippen LogP contribution in [0.15, 0.2) is 36.4 Å². The first kappa shape index (κ1) is 19.2. The molecule has 2 aliphatic carbocycles. The van der Waals surface area contributed by atoms with Crippen LogP contribution in [0.4, 0.5) is 0 Å². The molecule has 4 nitrogen and oxygen atoms in total. The Hall–Kier alpha value is -2.59. The molecule has 0 heterocycles. The van der Waals surface area contributed by atoms with Gasteiger partial charge in [-0.2, -0.15) is 10.5 Å². The van der Waals surface area contributed by atoms with Gasteiger partial charge < -0.3 is 4.74 Å². The van der Waals surface area contributed by atoms with Gasteiger partial charge in [-0.25, -0.2) is 0 Å². The molecule has 2 aliphatic rings. The third-order valence-corrected chi connectivity index (χ3v) is 6.02. The maximum absolute atomic E-state index is 12.5. The van der Waals surface area contributed by atoms with Gasteiger partial charge >= 0.3 is 5.97 Å². The summed E-state index contributed by atoms with van der Waals surface area (Å²) in [6.45, 7) is 0. The summed E-state index contributed by atoms with van der Waals surface area (Å²) in [5.41, 5.74) is 1.97. The molecular weight excluding hydrogens is 336 g/mol. The Labute approximate surface area is 161 Å². The largest absolute Gasteiger partial charge is 0.462 e. The van der Waals surface area contributed by atoms with Crippen LogP contribution in [0.3, 0.4) is 0 Å². The van der Waals surface area contributed by atoms with E-state index in [9.17, 15) is 4.79 Å². The molecule has 0 spiro atoms. The van der Waals surface area contributed by atoms with E-state index in [4.69, 9.17) is 15.3 Å². The maximum Gasteiger partial charge on any atom is 0.309 e. The van der Waals surface area contributed by atoms with Gasteiger partial charge in [0.05, 0.1) is 23.6 Å². The monoisotopic (exact) mass is 362 g/mol. The first-order valence-corrected chi connectivity index (χ1v) is 9.96. The molecule has 0 aromatic heterocycles. The summed E-state index contributed by atoms with van der Waals surface area (Å²) in [7, 11) is 0. The SMILES string of the molecule is N#CC=C[C@H]1CC[C@H](C(=O)O[C@H]2CC[C@H](c3ccc(C#N)cc3)CC2)CC1. The lowest BCUT2D eigenvalue weighted by Crippen LogP contribution is -2.29. The van der Waals surface area contributed by atoms with Gasteiger partial charge in [0, 0.05) is 6.08 Å². The molecule has 0 bridgehead atoms. The van der Waals surface area contributed by atoms with E-state index in [1.165, 1.54) is 5.56 Å². The molecule has 0 atom stereocenters. The van der Waals surface area contributed by atoms with E-state index in [2.05, 4.69) is 18.2 Å². The number of carbonyl (C=O) groups is 1. The van der Waals surface area contributed by atoms with E-state index < -0.39 is 0 Å². The standard InChI is InChI=1S/C23H26N2O2/c24-15-1-2-17-3-9-21(10-4-17)23(26)27-22-13-11-20(12-14-22)19-7-5-18(16-25)6-8-19/h1-2,5-8,17,20-22H,3-4,9-14H2/t17-,20-,21-,22-. The second-order valence-corrected chi connectivity index (χ2v) is 7.74. The number of ether oxygens (including phenoxy) is 1. The van der Waals surface area contributed by atoms with Crippen molar-refractivity contribution in [1.29, 1.82) is 10.5 Å². The molecule has 4 heteroatoms. The molecule has 27 heavy (non-hydrogen) atoms. The number of allylic oxidation sites excluding steroid dienone is 2. The third kappa shape index (κ3) is 5.20. The van der Waals surface area contributed by atoms with Crippen LogP contribution in [0.2, 0.25) is 0 Å². The number of benzene rings is 1. The van der Waals surface area contributed by atoms with Crippen molar-refractivity contribution < 1.29 is 9.53 Å². The predicted octanol–water partition coefficient (Wildman–Crippen LogP) is 5.01. The summed E-state index contributed by atoms with van der Waals surface area (Å²) in [5, 5.41) is 17.5. The molecule has 1 aromatic carbocycles. The van der Waals surface area contributed by atoms with E-state index in [1.54, 1.807) is 6.08 Å². The molecule has 2 saturated carbocycles. The Balaban J connectivity index is 1.42. The highest BCUT2D eigenvalue weighted by Gasteiger charge is 2.30. The molecular formula is C23H26N2O2. The van der Waals surface area contributed by atoms with E-state index in [0.717, 1.165) is 51.4 Å². The Bertz CT molecular complexity index is 738. The Morgan fingerprint density at radius 2 is 1.63 bits per heavy atom. The van der Waals surface area contributed by atoms with Crippen molar-refractivity contribution in [2.75, 3.05) is 0 Å². The Kier molecular flexibility index (Phi) is 6.66. The average molecular weight is 362 g/mol. The van der Waals surface area contributed by atoms with E-state index in [-0.39, 0.29) is 18.0 Å². The van der Waals surface area contributed by atoms with Gasteiger partial charge in [-0.15, -0.1) is 0 Å². The van der Waals surface area contributed by atoms with Gasteiger partial charge in [0.2, 0.25) is 0 Å². The molecule has 0 radical (unpaired) electrons. The summed E-state index contributed by atoms with van der Waals surface area (Å²) < 4.78 is 5.82. The van der Waals surface area contributed by atoms with Crippen LogP contribution in [-0.4, -0.2) is 12.1 Å². The summed E-state index contributed by atoms with van der Waals surface area (Å²) in [6.07, 6.45) is 11.1. The summed E-state index contributed by atoms with van der Waals surface area (Å²) >= 11 is 0. The van der Waals surface area contributed by atoms with E-state index >= 15 is 0 Å². The highest BCUT2D eigenvalue weighted by atomic mass is 16.5. The predicted molar refractivity (Wildman–Crippen MR) is 102 cm³/mol. The van der Waals surface area contributed by atoms with Crippen molar-refractivity contribution in [3.8, 4) is 12.1 Å². The van der Waals surface area contributed by atoms with Crippen molar-refractivity contribution in [3.63, 3.8) is 0 Å². The zero-order chi connectivity index (χ0) is 19.1. The van der Waals surface area contributed by atoms with Gasteiger partial charge in [-0.05, 0) is 80.9 Å². The van der Waals surface area contributed by atoms with Crippen LogP contribution < -0.4 is 0 Å². The molecule has 3 rings (SSSR count). The third-order valence-electron chi connectivity index (χ3n) is 6.02. The molecule has 2 fully saturated rings. The van der Waals surface area contributed by atoms with Crippen molar-refractivity contribution in [2.45, 2.75) is 63.4 Å². The number of carbonyl (C=O) groups excluding carboxylic acids is 1. The zero-order valence-corrected chi connectivity index (χ0v) is 15.6. The molecule has 0 N–H and O–H groups in total. The second kappa shape index (κ2) is 9.38. The fourth-order valence-corrected chi connectivity index (χ4v) is 4.33. The number of rotatable bonds is 4.